The minimum absolute atomic E-state index is 0.0254. The molecule has 0 saturated carbocycles. The first-order chi connectivity index (χ1) is 9.30. The van der Waals surface area contributed by atoms with Crippen molar-refractivity contribution in [2.45, 2.75) is 33.1 Å². The van der Waals surface area contributed by atoms with Crippen molar-refractivity contribution in [3.63, 3.8) is 0 Å². The topological polar surface area (TPSA) is 17.1 Å². The van der Waals surface area contributed by atoms with E-state index in [4.69, 9.17) is 11.6 Å². The number of rotatable bonds is 2. The fourth-order valence-corrected chi connectivity index (χ4v) is 2.41. The largest absolute Gasteiger partial charge is 0.289 e. The van der Waals surface area contributed by atoms with Crippen molar-refractivity contribution in [2.24, 2.45) is 0 Å². The lowest BCUT2D eigenvalue weighted by molar-refractivity contribution is 0.103. The van der Waals surface area contributed by atoms with Gasteiger partial charge in [0.15, 0.2) is 5.78 Å². The van der Waals surface area contributed by atoms with Gasteiger partial charge in [-0.05, 0) is 29.5 Å². The van der Waals surface area contributed by atoms with Crippen LogP contribution in [0.1, 0.15) is 47.8 Å². The second kappa shape index (κ2) is 5.41. The first kappa shape index (κ1) is 14.8. The predicted octanol–water partition coefficient (Wildman–Crippen LogP) is 5.18. The van der Waals surface area contributed by atoms with E-state index < -0.39 is 0 Å². The Bertz CT molecular complexity index is 651. The Morgan fingerprint density at radius 2 is 1.70 bits per heavy atom. The molecule has 0 heterocycles. The molecule has 0 saturated heterocycles. The Labute approximate surface area is 125 Å². The number of carbonyl (C=O) groups excluding carboxylic acids is 1. The molecular formula is C18H19ClO. The molecule has 0 spiro atoms. The number of hydrogen-bond acceptors (Lipinski definition) is 1. The number of aryl methyl sites for hydroxylation is 1. The summed E-state index contributed by atoms with van der Waals surface area (Å²) in [5.41, 5.74) is 3.35. The van der Waals surface area contributed by atoms with Crippen molar-refractivity contribution < 1.29 is 4.79 Å². The summed E-state index contributed by atoms with van der Waals surface area (Å²) in [6, 6.07) is 13.2. The highest BCUT2D eigenvalue weighted by molar-refractivity contribution is 6.31. The lowest BCUT2D eigenvalue weighted by Gasteiger charge is -2.22. The van der Waals surface area contributed by atoms with Crippen LogP contribution in [0.3, 0.4) is 0 Å². The van der Waals surface area contributed by atoms with Gasteiger partial charge in [0.2, 0.25) is 0 Å². The maximum absolute atomic E-state index is 12.7. The summed E-state index contributed by atoms with van der Waals surface area (Å²) < 4.78 is 0. The highest BCUT2D eigenvalue weighted by atomic mass is 35.5. The second-order valence-corrected chi connectivity index (χ2v) is 6.50. The zero-order chi connectivity index (χ0) is 14.9. The van der Waals surface area contributed by atoms with Gasteiger partial charge in [-0.1, -0.05) is 68.8 Å². The van der Waals surface area contributed by atoms with Crippen molar-refractivity contribution >= 4 is 17.4 Å². The third-order valence-corrected chi connectivity index (χ3v) is 3.82. The normalized spacial score (nSPS) is 11.4. The average Bonchev–Trinajstić information content (AvgIpc) is 2.40. The first-order valence-electron chi connectivity index (χ1n) is 6.71. The van der Waals surface area contributed by atoms with Gasteiger partial charge in [-0.3, -0.25) is 4.79 Å². The van der Waals surface area contributed by atoms with Crippen LogP contribution in [-0.4, -0.2) is 5.78 Å². The van der Waals surface area contributed by atoms with E-state index in [1.54, 1.807) is 6.07 Å². The lowest BCUT2D eigenvalue weighted by Crippen LogP contribution is -2.17. The lowest BCUT2D eigenvalue weighted by atomic mass is 9.82. The molecule has 0 bridgehead atoms. The third-order valence-electron chi connectivity index (χ3n) is 3.41. The van der Waals surface area contributed by atoms with E-state index in [1.807, 2.05) is 43.3 Å². The molecule has 0 unspecified atom stereocenters. The Balaban J connectivity index is 2.51. The van der Waals surface area contributed by atoms with Crippen LogP contribution in [-0.2, 0) is 5.41 Å². The molecule has 0 aromatic heterocycles. The molecule has 0 N–H and O–H groups in total. The Kier molecular flexibility index (Phi) is 4.01. The Morgan fingerprint density at radius 1 is 1.05 bits per heavy atom. The van der Waals surface area contributed by atoms with Gasteiger partial charge in [0.25, 0.3) is 0 Å². The molecular weight excluding hydrogens is 268 g/mol. The van der Waals surface area contributed by atoms with Crippen LogP contribution in [0.2, 0.25) is 5.02 Å². The summed E-state index contributed by atoms with van der Waals surface area (Å²) in [4.78, 5) is 12.7. The van der Waals surface area contributed by atoms with E-state index >= 15 is 0 Å². The molecule has 104 valence electrons. The molecule has 2 heteroatoms. The molecule has 1 nitrogen and oxygen atoms in total. The van der Waals surface area contributed by atoms with E-state index in [-0.39, 0.29) is 11.2 Å². The summed E-state index contributed by atoms with van der Waals surface area (Å²) in [6.07, 6.45) is 0. The molecule has 0 atom stereocenters. The molecule has 2 rings (SSSR count). The van der Waals surface area contributed by atoms with Crippen LogP contribution in [0.4, 0.5) is 0 Å². The molecule has 2 aromatic carbocycles. The number of ketones is 1. The average molecular weight is 287 g/mol. The zero-order valence-corrected chi connectivity index (χ0v) is 13.1. The van der Waals surface area contributed by atoms with E-state index in [0.29, 0.717) is 10.6 Å². The zero-order valence-electron chi connectivity index (χ0n) is 12.3. The summed E-state index contributed by atoms with van der Waals surface area (Å²) in [7, 11) is 0. The van der Waals surface area contributed by atoms with E-state index in [9.17, 15) is 4.79 Å². The minimum Gasteiger partial charge on any atom is -0.289 e. The summed E-state index contributed by atoms with van der Waals surface area (Å²) in [5, 5.41) is 0.629. The smallest absolute Gasteiger partial charge is 0.193 e. The number of hydrogen-bond donors (Lipinski definition) is 0. The van der Waals surface area contributed by atoms with Crippen LogP contribution in [0.15, 0.2) is 42.5 Å². The first-order valence-corrected chi connectivity index (χ1v) is 7.09. The summed E-state index contributed by atoms with van der Waals surface area (Å²) in [5.74, 6) is 0.0254. The maximum atomic E-state index is 12.7. The van der Waals surface area contributed by atoms with Crippen LogP contribution in [0.25, 0.3) is 0 Å². The van der Waals surface area contributed by atoms with Crippen molar-refractivity contribution in [3.05, 3.63) is 69.7 Å². The highest BCUT2D eigenvalue weighted by Crippen LogP contribution is 2.28. The van der Waals surface area contributed by atoms with Crippen LogP contribution in [0, 0.1) is 6.92 Å². The quantitative estimate of drug-likeness (QED) is 0.696. The predicted molar refractivity (Wildman–Crippen MR) is 84.8 cm³/mol. The van der Waals surface area contributed by atoms with E-state index in [2.05, 4.69) is 20.8 Å². The minimum atomic E-state index is -0.0687. The summed E-state index contributed by atoms with van der Waals surface area (Å²) in [6.45, 7) is 8.27. The Hall–Kier alpha value is -1.60. The van der Waals surface area contributed by atoms with Crippen LogP contribution >= 0.6 is 11.6 Å². The SMILES string of the molecule is Cc1ccc(C(=O)c2ccccc2C(C)(C)C)cc1Cl. The van der Waals surface area contributed by atoms with Gasteiger partial charge < -0.3 is 0 Å². The summed E-state index contributed by atoms with van der Waals surface area (Å²) >= 11 is 6.12. The number of benzene rings is 2. The van der Waals surface area contributed by atoms with Crippen molar-refractivity contribution in [2.75, 3.05) is 0 Å². The molecule has 0 amide bonds. The monoisotopic (exact) mass is 286 g/mol. The third kappa shape index (κ3) is 2.94. The number of carbonyl (C=O) groups is 1. The van der Waals surface area contributed by atoms with Gasteiger partial charge in [0.05, 0.1) is 0 Å². The highest BCUT2D eigenvalue weighted by Gasteiger charge is 2.22. The molecule has 0 aliphatic heterocycles. The number of halogens is 1. The van der Waals surface area contributed by atoms with Gasteiger partial charge >= 0.3 is 0 Å². The standard InChI is InChI=1S/C18H19ClO/c1-12-9-10-13(11-16(12)19)17(20)14-7-5-6-8-15(14)18(2,3)4/h5-11H,1-4H3. The van der Waals surface area contributed by atoms with E-state index in [0.717, 1.165) is 16.7 Å². The molecule has 0 aliphatic rings. The van der Waals surface area contributed by atoms with Crippen LogP contribution < -0.4 is 0 Å². The second-order valence-electron chi connectivity index (χ2n) is 6.09. The van der Waals surface area contributed by atoms with Gasteiger partial charge in [-0.2, -0.15) is 0 Å². The molecule has 0 fully saturated rings. The molecule has 0 radical (unpaired) electrons. The van der Waals surface area contributed by atoms with Crippen molar-refractivity contribution in [1.82, 2.24) is 0 Å². The molecule has 2 aromatic rings. The van der Waals surface area contributed by atoms with Crippen molar-refractivity contribution in [1.29, 1.82) is 0 Å². The van der Waals surface area contributed by atoms with Gasteiger partial charge in [0.1, 0.15) is 0 Å². The molecule has 20 heavy (non-hydrogen) atoms. The van der Waals surface area contributed by atoms with Crippen LogP contribution in [0.5, 0.6) is 0 Å². The fourth-order valence-electron chi connectivity index (χ4n) is 2.22. The fraction of sp³-hybridized carbons (Fsp3) is 0.278. The van der Waals surface area contributed by atoms with Crippen molar-refractivity contribution in [3.8, 4) is 0 Å². The molecule has 0 aliphatic carbocycles. The van der Waals surface area contributed by atoms with Gasteiger partial charge in [-0.15, -0.1) is 0 Å². The van der Waals surface area contributed by atoms with E-state index in [1.165, 1.54) is 0 Å². The van der Waals surface area contributed by atoms with Gasteiger partial charge in [-0.25, -0.2) is 0 Å². The Morgan fingerprint density at radius 3 is 2.30 bits per heavy atom. The maximum Gasteiger partial charge on any atom is 0.193 e. The van der Waals surface area contributed by atoms with Gasteiger partial charge in [0, 0.05) is 16.1 Å².